The number of rotatable bonds is 3. The molecular weight excluding hydrogens is 342 g/mol. The zero-order chi connectivity index (χ0) is 19.1. The number of anilines is 1. The minimum atomic E-state index is -0.904. The van der Waals surface area contributed by atoms with Crippen LogP contribution in [0.25, 0.3) is 11.0 Å². The highest BCUT2D eigenvalue weighted by Crippen LogP contribution is 2.33. The number of aryl methyl sites for hydroxylation is 1. The van der Waals surface area contributed by atoms with Gasteiger partial charge in [0.2, 0.25) is 5.76 Å². The van der Waals surface area contributed by atoms with Crippen LogP contribution in [0.5, 0.6) is 0 Å². The maximum atomic E-state index is 13.0. The molecule has 138 valence electrons. The molecule has 4 rings (SSSR count). The Morgan fingerprint density at radius 3 is 2.63 bits per heavy atom. The summed E-state index contributed by atoms with van der Waals surface area (Å²) in [4.78, 5) is 27.3. The lowest BCUT2D eigenvalue weighted by Crippen LogP contribution is -2.43. The van der Waals surface area contributed by atoms with Crippen molar-refractivity contribution in [3.8, 4) is 0 Å². The van der Waals surface area contributed by atoms with Crippen molar-refractivity contribution < 1.29 is 18.7 Å². The maximum absolute atomic E-state index is 13.0. The molecule has 5 heteroatoms. The molecule has 0 unspecified atom stereocenters. The second-order valence-corrected chi connectivity index (χ2v) is 6.99. The van der Waals surface area contributed by atoms with Gasteiger partial charge in [-0.25, -0.2) is 4.79 Å². The number of carbonyl (C=O) groups excluding carboxylic acids is 2. The highest BCUT2D eigenvalue weighted by molar-refractivity contribution is 6.01. The lowest BCUT2D eigenvalue weighted by molar-refractivity contribution is -0.126. The SMILES string of the molecule is Cc1c(C(=O)O[C@@H](C)C(=O)N2c3ccccc3C[C@H]2C)oc2ccccc12. The van der Waals surface area contributed by atoms with Gasteiger partial charge in [0.05, 0.1) is 0 Å². The highest BCUT2D eigenvalue weighted by atomic mass is 16.6. The van der Waals surface area contributed by atoms with Crippen molar-refractivity contribution in [3.05, 3.63) is 65.4 Å². The summed E-state index contributed by atoms with van der Waals surface area (Å²) >= 11 is 0. The van der Waals surface area contributed by atoms with Crippen molar-refractivity contribution in [3.63, 3.8) is 0 Å². The molecular formula is C22H21NO4. The van der Waals surface area contributed by atoms with Crippen LogP contribution in [0.4, 0.5) is 5.69 Å². The molecule has 0 saturated carbocycles. The quantitative estimate of drug-likeness (QED) is 0.652. The number of ether oxygens (including phenoxy) is 1. The fourth-order valence-corrected chi connectivity index (χ4v) is 3.73. The summed E-state index contributed by atoms with van der Waals surface area (Å²) in [6.07, 6.45) is -0.107. The van der Waals surface area contributed by atoms with Gasteiger partial charge in [-0.1, -0.05) is 36.4 Å². The van der Waals surface area contributed by atoms with Crippen LogP contribution in [0.1, 0.15) is 35.5 Å². The van der Waals surface area contributed by atoms with Crippen molar-refractivity contribution in [2.75, 3.05) is 4.90 Å². The number of para-hydroxylation sites is 2. The minimum absolute atomic E-state index is 0.0315. The largest absolute Gasteiger partial charge is 0.449 e. The lowest BCUT2D eigenvalue weighted by atomic mass is 10.1. The number of furan rings is 1. The van der Waals surface area contributed by atoms with E-state index in [2.05, 4.69) is 0 Å². The van der Waals surface area contributed by atoms with Crippen LogP contribution in [0, 0.1) is 6.92 Å². The molecule has 27 heavy (non-hydrogen) atoms. The van der Waals surface area contributed by atoms with Crippen molar-refractivity contribution >= 4 is 28.5 Å². The molecule has 5 nitrogen and oxygen atoms in total. The van der Waals surface area contributed by atoms with E-state index in [4.69, 9.17) is 9.15 Å². The maximum Gasteiger partial charge on any atom is 0.375 e. The summed E-state index contributed by atoms with van der Waals surface area (Å²) in [7, 11) is 0. The third-order valence-corrected chi connectivity index (χ3v) is 5.11. The van der Waals surface area contributed by atoms with E-state index in [1.807, 2.05) is 56.3 Å². The van der Waals surface area contributed by atoms with Crippen LogP contribution in [0.15, 0.2) is 52.9 Å². The molecule has 2 atom stereocenters. The molecule has 1 aromatic heterocycles. The standard InChI is InChI=1S/C22H21NO4/c1-13-12-16-8-4-6-10-18(16)23(13)21(24)15(3)26-22(25)20-14(2)17-9-5-7-11-19(17)27-20/h4-11,13,15H,12H2,1-3H3/t13-,15+/m1/s1. The number of benzene rings is 2. The molecule has 0 saturated heterocycles. The molecule has 1 aliphatic heterocycles. The van der Waals surface area contributed by atoms with Crippen LogP contribution in [-0.4, -0.2) is 24.0 Å². The fraction of sp³-hybridized carbons (Fsp3) is 0.273. The van der Waals surface area contributed by atoms with Gasteiger partial charge >= 0.3 is 5.97 Å². The zero-order valence-corrected chi connectivity index (χ0v) is 15.6. The van der Waals surface area contributed by atoms with Gasteiger partial charge in [-0.15, -0.1) is 0 Å². The van der Waals surface area contributed by atoms with Crippen molar-refractivity contribution in [1.29, 1.82) is 0 Å². The number of amides is 1. The number of hydrogen-bond acceptors (Lipinski definition) is 4. The van der Waals surface area contributed by atoms with E-state index in [0.29, 0.717) is 5.58 Å². The first kappa shape index (κ1) is 17.3. The summed E-state index contributed by atoms with van der Waals surface area (Å²) in [5, 5.41) is 0.866. The van der Waals surface area contributed by atoms with Gasteiger partial charge < -0.3 is 14.1 Å². The predicted molar refractivity (Wildman–Crippen MR) is 103 cm³/mol. The van der Waals surface area contributed by atoms with E-state index in [9.17, 15) is 9.59 Å². The van der Waals surface area contributed by atoms with Crippen LogP contribution < -0.4 is 4.90 Å². The normalized spacial score (nSPS) is 17.0. The van der Waals surface area contributed by atoms with Crippen molar-refractivity contribution in [2.24, 2.45) is 0 Å². The molecule has 2 heterocycles. The van der Waals surface area contributed by atoms with E-state index in [1.165, 1.54) is 0 Å². The molecule has 0 aliphatic carbocycles. The van der Waals surface area contributed by atoms with Gasteiger partial charge in [-0.05, 0) is 44.9 Å². The molecule has 3 aromatic rings. The van der Waals surface area contributed by atoms with E-state index < -0.39 is 12.1 Å². The van der Waals surface area contributed by atoms with Gasteiger partial charge in [0.15, 0.2) is 6.10 Å². The first-order valence-electron chi connectivity index (χ1n) is 9.07. The Kier molecular flexibility index (Phi) is 4.22. The second kappa shape index (κ2) is 6.58. The van der Waals surface area contributed by atoms with Crippen LogP contribution in [-0.2, 0) is 16.0 Å². The molecule has 0 spiro atoms. The Morgan fingerprint density at radius 2 is 1.85 bits per heavy atom. The Hall–Kier alpha value is -3.08. The Balaban J connectivity index is 1.55. The number of esters is 1. The van der Waals surface area contributed by atoms with Crippen LogP contribution in [0.2, 0.25) is 0 Å². The summed E-state index contributed by atoms with van der Waals surface area (Å²) in [5.74, 6) is -0.704. The van der Waals surface area contributed by atoms with Gasteiger partial charge in [-0.3, -0.25) is 4.79 Å². The third kappa shape index (κ3) is 2.89. The van der Waals surface area contributed by atoms with Crippen LogP contribution in [0.3, 0.4) is 0 Å². The number of nitrogens with zero attached hydrogens (tertiary/aromatic N) is 1. The fourth-order valence-electron chi connectivity index (χ4n) is 3.73. The zero-order valence-electron chi connectivity index (χ0n) is 15.6. The van der Waals surface area contributed by atoms with Gasteiger partial charge in [0.25, 0.3) is 5.91 Å². The number of hydrogen-bond donors (Lipinski definition) is 0. The van der Waals surface area contributed by atoms with E-state index in [1.54, 1.807) is 17.9 Å². The van der Waals surface area contributed by atoms with Gasteiger partial charge in [0, 0.05) is 22.7 Å². The Morgan fingerprint density at radius 1 is 1.15 bits per heavy atom. The lowest BCUT2D eigenvalue weighted by Gasteiger charge is -2.25. The Bertz CT molecular complexity index is 1040. The topological polar surface area (TPSA) is 59.8 Å². The summed E-state index contributed by atoms with van der Waals surface area (Å²) in [5.41, 5.74) is 3.36. The van der Waals surface area contributed by atoms with Crippen molar-refractivity contribution in [1.82, 2.24) is 0 Å². The molecule has 2 aromatic carbocycles. The highest BCUT2D eigenvalue weighted by Gasteiger charge is 2.35. The Labute approximate surface area is 157 Å². The number of fused-ring (bicyclic) bond motifs is 2. The van der Waals surface area contributed by atoms with E-state index >= 15 is 0 Å². The second-order valence-electron chi connectivity index (χ2n) is 6.99. The van der Waals surface area contributed by atoms with E-state index in [-0.39, 0.29) is 17.7 Å². The molecule has 0 fully saturated rings. The first-order chi connectivity index (χ1) is 13.0. The molecule has 1 aliphatic rings. The summed E-state index contributed by atoms with van der Waals surface area (Å²) in [6.45, 7) is 5.41. The first-order valence-corrected chi connectivity index (χ1v) is 9.07. The summed E-state index contributed by atoms with van der Waals surface area (Å²) < 4.78 is 11.1. The summed E-state index contributed by atoms with van der Waals surface area (Å²) in [6, 6.07) is 15.3. The molecule has 1 amide bonds. The molecule has 0 bridgehead atoms. The third-order valence-electron chi connectivity index (χ3n) is 5.11. The van der Waals surface area contributed by atoms with Gasteiger partial charge in [0.1, 0.15) is 5.58 Å². The molecule has 0 N–H and O–H groups in total. The van der Waals surface area contributed by atoms with E-state index in [0.717, 1.165) is 28.6 Å². The molecule has 0 radical (unpaired) electrons. The predicted octanol–water partition coefficient (Wildman–Crippen LogP) is 4.26. The average molecular weight is 363 g/mol. The monoisotopic (exact) mass is 363 g/mol. The number of carbonyl (C=O) groups is 2. The van der Waals surface area contributed by atoms with Crippen molar-refractivity contribution in [2.45, 2.75) is 39.3 Å². The average Bonchev–Trinajstić information content (AvgIpc) is 3.18. The van der Waals surface area contributed by atoms with Crippen LogP contribution >= 0.6 is 0 Å². The minimum Gasteiger partial charge on any atom is -0.449 e. The van der Waals surface area contributed by atoms with Gasteiger partial charge in [-0.2, -0.15) is 0 Å². The smallest absolute Gasteiger partial charge is 0.375 e.